The second kappa shape index (κ2) is 8.61. The van der Waals surface area contributed by atoms with Gasteiger partial charge in [-0.2, -0.15) is 0 Å². The lowest BCUT2D eigenvalue weighted by molar-refractivity contribution is -0.384. The number of benzene rings is 2. The van der Waals surface area contributed by atoms with Gasteiger partial charge < -0.3 is 14.8 Å². The molecule has 0 aliphatic rings. The first-order chi connectivity index (χ1) is 12.3. The molecule has 0 atom stereocenters. The van der Waals surface area contributed by atoms with Gasteiger partial charge >= 0.3 is 5.97 Å². The molecule has 0 aromatic heterocycles. The summed E-state index contributed by atoms with van der Waals surface area (Å²) in [6, 6.07) is 10.9. The van der Waals surface area contributed by atoms with Crippen LogP contribution >= 0.6 is 0 Å². The first-order valence-corrected chi connectivity index (χ1v) is 7.75. The van der Waals surface area contributed by atoms with Crippen molar-refractivity contribution < 1.29 is 24.0 Å². The number of nitrogens with one attached hydrogen (secondary N) is 1. The minimum Gasteiger partial charge on any atom is -0.482 e. The molecule has 2 rings (SSSR count). The van der Waals surface area contributed by atoms with Gasteiger partial charge in [0, 0.05) is 17.8 Å². The molecule has 1 N–H and O–H groups in total. The van der Waals surface area contributed by atoms with Gasteiger partial charge in [0.05, 0.1) is 4.92 Å². The van der Waals surface area contributed by atoms with E-state index in [1.165, 1.54) is 24.3 Å². The molecule has 136 valence electrons. The normalized spacial score (nSPS) is 10.1. The zero-order chi connectivity index (χ0) is 19.1. The highest BCUT2D eigenvalue weighted by atomic mass is 16.6. The fourth-order valence-corrected chi connectivity index (χ4v) is 2.15. The third-order valence-electron chi connectivity index (χ3n) is 3.40. The van der Waals surface area contributed by atoms with Crippen LogP contribution in [0.5, 0.6) is 5.75 Å². The second-order valence-corrected chi connectivity index (χ2v) is 5.57. The number of ether oxygens (including phenoxy) is 2. The van der Waals surface area contributed by atoms with Gasteiger partial charge in [-0.3, -0.25) is 14.9 Å². The fraction of sp³-hybridized carbons (Fsp3) is 0.222. The molecule has 1 amide bonds. The van der Waals surface area contributed by atoms with Gasteiger partial charge in [0.2, 0.25) is 0 Å². The predicted octanol–water partition coefficient (Wildman–Crippen LogP) is 2.77. The summed E-state index contributed by atoms with van der Waals surface area (Å²) in [5, 5.41) is 13.0. The largest absolute Gasteiger partial charge is 0.482 e. The number of nitrogens with zero attached hydrogens (tertiary/aromatic N) is 1. The maximum absolute atomic E-state index is 11.7. The molecule has 26 heavy (non-hydrogen) atoms. The number of nitro benzene ring substituents is 1. The first kappa shape index (κ1) is 18.9. The molecule has 2 aromatic rings. The highest BCUT2D eigenvalue weighted by molar-refractivity contribution is 5.92. The van der Waals surface area contributed by atoms with Crippen molar-refractivity contribution in [1.29, 1.82) is 0 Å². The predicted molar refractivity (Wildman–Crippen MR) is 94.1 cm³/mol. The van der Waals surface area contributed by atoms with Crippen molar-refractivity contribution in [2.45, 2.75) is 13.8 Å². The summed E-state index contributed by atoms with van der Waals surface area (Å²) in [6.07, 6.45) is 0. The van der Waals surface area contributed by atoms with Crippen LogP contribution in [0.1, 0.15) is 11.1 Å². The summed E-state index contributed by atoms with van der Waals surface area (Å²) in [5.41, 5.74) is 2.26. The average molecular weight is 358 g/mol. The Morgan fingerprint density at radius 1 is 1.08 bits per heavy atom. The minimum atomic E-state index is -0.677. The summed E-state index contributed by atoms with van der Waals surface area (Å²) in [6.45, 7) is 3.03. The third kappa shape index (κ3) is 5.59. The van der Waals surface area contributed by atoms with Crippen LogP contribution in [-0.4, -0.2) is 30.0 Å². The summed E-state index contributed by atoms with van der Waals surface area (Å²) in [5.74, 6) is -0.662. The summed E-state index contributed by atoms with van der Waals surface area (Å²) in [7, 11) is 0. The molecular weight excluding hydrogens is 340 g/mol. The topological polar surface area (TPSA) is 108 Å². The Morgan fingerprint density at radius 3 is 2.38 bits per heavy atom. The lowest BCUT2D eigenvalue weighted by Gasteiger charge is -2.10. The van der Waals surface area contributed by atoms with Crippen molar-refractivity contribution in [2.75, 3.05) is 18.5 Å². The molecule has 2 aromatic carbocycles. The van der Waals surface area contributed by atoms with Crippen LogP contribution in [0, 0.1) is 24.0 Å². The molecule has 8 nitrogen and oxygen atoms in total. The zero-order valence-electron chi connectivity index (χ0n) is 14.4. The Hall–Kier alpha value is -3.42. The molecule has 0 radical (unpaired) electrons. The fourth-order valence-electron chi connectivity index (χ4n) is 2.15. The van der Waals surface area contributed by atoms with Crippen LogP contribution in [-0.2, 0) is 14.3 Å². The number of amides is 1. The summed E-state index contributed by atoms with van der Waals surface area (Å²) in [4.78, 5) is 33.4. The van der Waals surface area contributed by atoms with Gasteiger partial charge in [-0.15, -0.1) is 0 Å². The van der Waals surface area contributed by atoms with Gasteiger partial charge in [-0.25, -0.2) is 4.79 Å². The summed E-state index contributed by atoms with van der Waals surface area (Å²) >= 11 is 0. The van der Waals surface area contributed by atoms with Crippen LogP contribution in [0.2, 0.25) is 0 Å². The van der Waals surface area contributed by atoms with E-state index in [1.807, 2.05) is 26.0 Å². The number of nitro groups is 1. The molecule has 0 bridgehead atoms. The standard InChI is InChI=1S/C18H18N2O6/c1-12-3-8-16(13(2)9-12)25-11-18(22)26-10-17(21)19-14-4-6-15(7-5-14)20(23)24/h3-9H,10-11H2,1-2H3,(H,19,21). The highest BCUT2D eigenvalue weighted by Crippen LogP contribution is 2.18. The zero-order valence-corrected chi connectivity index (χ0v) is 14.4. The molecule has 0 heterocycles. The van der Waals surface area contributed by atoms with Gasteiger partial charge in [0.1, 0.15) is 5.75 Å². The van der Waals surface area contributed by atoms with E-state index in [2.05, 4.69) is 5.32 Å². The van der Waals surface area contributed by atoms with E-state index in [-0.39, 0.29) is 12.3 Å². The van der Waals surface area contributed by atoms with E-state index in [0.717, 1.165) is 11.1 Å². The SMILES string of the molecule is Cc1ccc(OCC(=O)OCC(=O)Nc2ccc([N+](=O)[O-])cc2)c(C)c1. The van der Waals surface area contributed by atoms with Gasteiger partial charge in [0.25, 0.3) is 11.6 Å². The van der Waals surface area contributed by atoms with Crippen molar-refractivity contribution in [3.05, 3.63) is 63.7 Å². The van der Waals surface area contributed by atoms with E-state index in [4.69, 9.17) is 9.47 Å². The smallest absolute Gasteiger partial charge is 0.344 e. The molecular formula is C18H18N2O6. The number of anilines is 1. The van der Waals surface area contributed by atoms with E-state index in [0.29, 0.717) is 11.4 Å². The molecule has 0 unspecified atom stereocenters. The molecule has 0 aliphatic heterocycles. The van der Waals surface area contributed by atoms with E-state index >= 15 is 0 Å². The quantitative estimate of drug-likeness (QED) is 0.463. The average Bonchev–Trinajstić information content (AvgIpc) is 2.59. The maximum Gasteiger partial charge on any atom is 0.344 e. The Bertz CT molecular complexity index is 817. The molecule has 0 aliphatic carbocycles. The van der Waals surface area contributed by atoms with Crippen LogP contribution in [0.15, 0.2) is 42.5 Å². The minimum absolute atomic E-state index is 0.0852. The number of esters is 1. The molecule has 0 spiro atoms. The van der Waals surface area contributed by atoms with Crippen LogP contribution < -0.4 is 10.1 Å². The van der Waals surface area contributed by atoms with Crippen LogP contribution in [0.25, 0.3) is 0 Å². The highest BCUT2D eigenvalue weighted by Gasteiger charge is 2.11. The van der Waals surface area contributed by atoms with Crippen molar-refractivity contribution in [3.63, 3.8) is 0 Å². The number of non-ortho nitro benzene ring substituents is 1. The molecule has 0 saturated heterocycles. The van der Waals surface area contributed by atoms with Crippen molar-refractivity contribution in [3.8, 4) is 5.75 Å². The van der Waals surface area contributed by atoms with Crippen LogP contribution in [0.3, 0.4) is 0 Å². The maximum atomic E-state index is 11.7. The third-order valence-corrected chi connectivity index (χ3v) is 3.40. The number of hydrogen-bond acceptors (Lipinski definition) is 6. The number of hydrogen-bond donors (Lipinski definition) is 1. The molecule has 0 saturated carbocycles. The van der Waals surface area contributed by atoms with Crippen molar-refractivity contribution in [1.82, 2.24) is 0 Å². The number of rotatable bonds is 7. The molecule has 8 heteroatoms. The van der Waals surface area contributed by atoms with Gasteiger partial charge in [-0.05, 0) is 37.6 Å². The Balaban J connectivity index is 1.76. The number of carbonyl (C=O) groups is 2. The Labute approximate surface area is 149 Å². The van der Waals surface area contributed by atoms with E-state index in [1.54, 1.807) is 6.07 Å². The lowest BCUT2D eigenvalue weighted by Crippen LogP contribution is -2.23. The monoisotopic (exact) mass is 358 g/mol. The summed E-state index contributed by atoms with van der Waals surface area (Å²) < 4.78 is 10.2. The van der Waals surface area contributed by atoms with Crippen molar-refractivity contribution >= 4 is 23.3 Å². The van der Waals surface area contributed by atoms with Gasteiger partial charge in [0.15, 0.2) is 13.2 Å². The number of carbonyl (C=O) groups excluding carboxylic acids is 2. The Kier molecular flexibility index (Phi) is 6.26. The first-order valence-electron chi connectivity index (χ1n) is 7.75. The van der Waals surface area contributed by atoms with Crippen LogP contribution in [0.4, 0.5) is 11.4 Å². The lowest BCUT2D eigenvalue weighted by atomic mass is 10.1. The van der Waals surface area contributed by atoms with Gasteiger partial charge in [-0.1, -0.05) is 17.7 Å². The number of aryl methyl sites for hydroxylation is 2. The van der Waals surface area contributed by atoms with E-state index in [9.17, 15) is 19.7 Å². The second-order valence-electron chi connectivity index (χ2n) is 5.57. The van der Waals surface area contributed by atoms with E-state index < -0.39 is 23.4 Å². The molecule has 0 fully saturated rings. The van der Waals surface area contributed by atoms with Crippen molar-refractivity contribution in [2.24, 2.45) is 0 Å². The Morgan fingerprint density at radius 2 is 1.77 bits per heavy atom.